The van der Waals surface area contributed by atoms with Crippen LogP contribution < -0.4 is 4.72 Å². The molecule has 21 heavy (non-hydrogen) atoms. The number of nitrogens with one attached hydrogen (secondary N) is 1. The highest BCUT2D eigenvalue weighted by atomic mass is 35.5. The zero-order chi connectivity index (χ0) is 15.8. The first kappa shape index (κ1) is 16.4. The number of hydrogen-bond acceptors (Lipinski definition) is 2. The summed E-state index contributed by atoms with van der Waals surface area (Å²) < 4.78 is 27.4. The summed E-state index contributed by atoms with van der Waals surface area (Å²) in [6.45, 7) is 3.69. The van der Waals surface area contributed by atoms with E-state index in [2.05, 4.69) is 4.72 Å². The van der Waals surface area contributed by atoms with Crippen molar-refractivity contribution in [3.8, 4) is 0 Å². The maximum absolute atomic E-state index is 12.5. The highest BCUT2D eigenvalue weighted by molar-refractivity contribution is 7.92. The molecule has 2 rings (SSSR count). The van der Waals surface area contributed by atoms with Gasteiger partial charge in [0.05, 0.1) is 20.8 Å². The van der Waals surface area contributed by atoms with Crippen molar-refractivity contribution in [3.63, 3.8) is 0 Å². The van der Waals surface area contributed by atoms with Crippen LogP contribution in [-0.2, 0) is 10.0 Å². The van der Waals surface area contributed by atoms with Crippen molar-refractivity contribution >= 4 is 50.5 Å². The van der Waals surface area contributed by atoms with Gasteiger partial charge in [0.2, 0.25) is 0 Å². The predicted molar refractivity (Wildman–Crippen MR) is 88.2 cm³/mol. The molecule has 112 valence electrons. The van der Waals surface area contributed by atoms with E-state index >= 15 is 0 Å². The summed E-state index contributed by atoms with van der Waals surface area (Å²) in [6.07, 6.45) is 0. The number of benzene rings is 2. The standard InChI is InChI=1S/C14H12Cl3NO2S/c1-8-3-4-9(2)13(5-8)18-21(19,20)14-7-11(16)10(15)6-12(14)17/h3-7,18H,1-2H3. The van der Waals surface area contributed by atoms with E-state index in [1.165, 1.54) is 12.1 Å². The molecule has 0 unspecified atom stereocenters. The number of anilines is 1. The number of halogens is 3. The van der Waals surface area contributed by atoms with Gasteiger partial charge < -0.3 is 0 Å². The zero-order valence-electron chi connectivity index (χ0n) is 11.2. The molecule has 2 aromatic carbocycles. The second-order valence-electron chi connectivity index (χ2n) is 4.62. The lowest BCUT2D eigenvalue weighted by Gasteiger charge is -2.13. The van der Waals surface area contributed by atoms with Crippen molar-refractivity contribution in [2.75, 3.05) is 4.72 Å². The van der Waals surface area contributed by atoms with Gasteiger partial charge in [0, 0.05) is 0 Å². The molecule has 0 saturated heterocycles. The highest BCUT2D eigenvalue weighted by Crippen LogP contribution is 2.32. The zero-order valence-corrected chi connectivity index (χ0v) is 14.3. The molecular weight excluding hydrogens is 353 g/mol. The average Bonchev–Trinajstić information content (AvgIpc) is 2.37. The minimum atomic E-state index is -3.85. The van der Waals surface area contributed by atoms with Crippen LogP contribution >= 0.6 is 34.8 Å². The highest BCUT2D eigenvalue weighted by Gasteiger charge is 2.20. The fourth-order valence-corrected chi connectivity index (χ4v) is 3.88. The van der Waals surface area contributed by atoms with Crippen LogP contribution in [0.15, 0.2) is 35.2 Å². The summed E-state index contributed by atoms with van der Waals surface area (Å²) in [7, 11) is -3.85. The van der Waals surface area contributed by atoms with E-state index in [0.29, 0.717) is 5.69 Å². The number of sulfonamides is 1. The quantitative estimate of drug-likeness (QED) is 0.773. The van der Waals surface area contributed by atoms with E-state index in [-0.39, 0.29) is 20.0 Å². The van der Waals surface area contributed by atoms with E-state index in [9.17, 15) is 8.42 Å². The molecule has 0 spiro atoms. The number of rotatable bonds is 3. The molecule has 0 bridgehead atoms. The number of aryl methyl sites for hydroxylation is 2. The SMILES string of the molecule is Cc1ccc(C)c(NS(=O)(=O)c2cc(Cl)c(Cl)cc2Cl)c1. The third kappa shape index (κ3) is 3.64. The Bertz CT molecular complexity index is 804. The van der Waals surface area contributed by atoms with E-state index < -0.39 is 10.0 Å². The first-order valence-electron chi connectivity index (χ1n) is 5.95. The average molecular weight is 365 g/mol. The largest absolute Gasteiger partial charge is 0.279 e. The van der Waals surface area contributed by atoms with Gasteiger partial charge in [-0.05, 0) is 43.2 Å². The molecule has 0 aliphatic carbocycles. The molecule has 0 aliphatic heterocycles. The van der Waals surface area contributed by atoms with Crippen molar-refractivity contribution < 1.29 is 8.42 Å². The molecule has 0 radical (unpaired) electrons. The van der Waals surface area contributed by atoms with Gasteiger partial charge in [0.1, 0.15) is 4.90 Å². The predicted octanol–water partition coefficient (Wildman–Crippen LogP) is 5.06. The van der Waals surface area contributed by atoms with Crippen molar-refractivity contribution in [1.29, 1.82) is 0 Å². The van der Waals surface area contributed by atoms with Crippen LogP contribution in [-0.4, -0.2) is 8.42 Å². The molecule has 0 fully saturated rings. The van der Waals surface area contributed by atoms with Crippen LogP contribution in [0.2, 0.25) is 15.1 Å². The van der Waals surface area contributed by atoms with Crippen molar-refractivity contribution in [1.82, 2.24) is 0 Å². The Morgan fingerprint density at radius 3 is 2.19 bits per heavy atom. The summed E-state index contributed by atoms with van der Waals surface area (Å²) >= 11 is 17.6. The molecule has 0 amide bonds. The van der Waals surface area contributed by atoms with E-state index in [1.54, 1.807) is 6.07 Å². The van der Waals surface area contributed by atoms with Gasteiger partial charge in [-0.2, -0.15) is 0 Å². The lowest BCUT2D eigenvalue weighted by atomic mass is 10.1. The van der Waals surface area contributed by atoms with Gasteiger partial charge in [0.25, 0.3) is 10.0 Å². The van der Waals surface area contributed by atoms with Crippen LogP contribution in [0.3, 0.4) is 0 Å². The molecule has 0 heterocycles. The monoisotopic (exact) mass is 363 g/mol. The maximum Gasteiger partial charge on any atom is 0.263 e. The second kappa shape index (κ2) is 6.05. The molecule has 0 aliphatic rings. The third-order valence-corrected chi connectivity index (χ3v) is 5.45. The van der Waals surface area contributed by atoms with Gasteiger partial charge >= 0.3 is 0 Å². The minimum absolute atomic E-state index is 0.0159. The normalized spacial score (nSPS) is 11.5. The van der Waals surface area contributed by atoms with Gasteiger partial charge in [-0.3, -0.25) is 4.72 Å². The molecule has 3 nitrogen and oxygen atoms in total. The van der Waals surface area contributed by atoms with E-state index in [4.69, 9.17) is 34.8 Å². The third-order valence-electron chi connectivity index (χ3n) is 2.90. The van der Waals surface area contributed by atoms with Gasteiger partial charge in [-0.1, -0.05) is 46.9 Å². The van der Waals surface area contributed by atoms with Gasteiger partial charge in [-0.25, -0.2) is 8.42 Å². The van der Waals surface area contributed by atoms with Crippen LogP contribution in [0.25, 0.3) is 0 Å². The maximum atomic E-state index is 12.5. The second-order valence-corrected chi connectivity index (χ2v) is 7.49. The summed E-state index contributed by atoms with van der Waals surface area (Å²) in [5, 5.41) is 0.344. The first-order valence-corrected chi connectivity index (χ1v) is 8.57. The summed E-state index contributed by atoms with van der Waals surface area (Å²) in [5.74, 6) is 0. The lowest BCUT2D eigenvalue weighted by Crippen LogP contribution is -2.14. The molecule has 0 saturated carbocycles. The Kier molecular flexibility index (Phi) is 4.73. The Morgan fingerprint density at radius 1 is 0.905 bits per heavy atom. The number of hydrogen-bond donors (Lipinski definition) is 1. The fourth-order valence-electron chi connectivity index (χ4n) is 1.76. The first-order chi connectivity index (χ1) is 9.70. The Balaban J connectivity index is 2.48. The fraction of sp³-hybridized carbons (Fsp3) is 0.143. The van der Waals surface area contributed by atoms with Crippen LogP contribution in [0, 0.1) is 13.8 Å². The Hall–Kier alpha value is -0.940. The summed E-state index contributed by atoms with van der Waals surface area (Å²) in [4.78, 5) is -0.112. The summed E-state index contributed by atoms with van der Waals surface area (Å²) in [6, 6.07) is 8.03. The van der Waals surface area contributed by atoms with E-state index in [0.717, 1.165) is 11.1 Å². The van der Waals surface area contributed by atoms with E-state index in [1.807, 2.05) is 26.0 Å². The molecule has 1 N–H and O–H groups in total. The molecule has 0 aromatic heterocycles. The topological polar surface area (TPSA) is 46.2 Å². The Labute approximate surface area is 138 Å². The van der Waals surface area contributed by atoms with Gasteiger partial charge in [0.15, 0.2) is 0 Å². The lowest BCUT2D eigenvalue weighted by molar-refractivity contribution is 0.601. The van der Waals surface area contributed by atoms with Crippen molar-refractivity contribution in [2.45, 2.75) is 18.7 Å². The van der Waals surface area contributed by atoms with Crippen molar-refractivity contribution in [2.24, 2.45) is 0 Å². The van der Waals surface area contributed by atoms with Crippen LogP contribution in [0.5, 0.6) is 0 Å². The van der Waals surface area contributed by atoms with Crippen molar-refractivity contribution in [3.05, 3.63) is 56.5 Å². The van der Waals surface area contributed by atoms with Crippen LogP contribution in [0.1, 0.15) is 11.1 Å². The molecule has 7 heteroatoms. The molecular formula is C14H12Cl3NO2S. The molecule has 2 aromatic rings. The molecule has 0 atom stereocenters. The summed E-state index contributed by atoms with van der Waals surface area (Å²) in [5.41, 5.74) is 2.25. The Morgan fingerprint density at radius 2 is 1.52 bits per heavy atom. The smallest absolute Gasteiger partial charge is 0.263 e. The van der Waals surface area contributed by atoms with Crippen LogP contribution in [0.4, 0.5) is 5.69 Å². The minimum Gasteiger partial charge on any atom is -0.279 e. The van der Waals surface area contributed by atoms with Gasteiger partial charge in [-0.15, -0.1) is 0 Å².